The van der Waals surface area contributed by atoms with Crippen molar-refractivity contribution in [2.45, 2.75) is 24.8 Å². The molecular formula is C18H18N2O3S3. The van der Waals surface area contributed by atoms with E-state index < -0.39 is 9.84 Å². The number of benzene rings is 1. The Balaban J connectivity index is 1.75. The maximum atomic E-state index is 12.6. The van der Waals surface area contributed by atoms with Crippen molar-refractivity contribution < 1.29 is 13.2 Å². The van der Waals surface area contributed by atoms with Gasteiger partial charge in [0.25, 0.3) is 5.91 Å². The Bertz CT molecular complexity index is 1020. The molecule has 0 bridgehead atoms. The highest BCUT2D eigenvalue weighted by Crippen LogP contribution is 2.29. The first-order valence-electron chi connectivity index (χ1n) is 7.86. The van der Waals surface area contributed by atoms with Gasteiger partial charge in [0, 0.05) is 17.2 Å². The predicted molar refractivity (Wildman–Crippen MR) is 106 cm³/mol. The summed E-state index contributed by atoms with van der Waals surface area (Å²) in [6.45, 7) is 3.69. The number of hydrogen-bond acceptors (Lipinski definition) is 6. The molecule has 5 nitrogen and oxygen atoms in total. The Kier molecular flexibility index (Phi) is 5.27. The molecule has 1 N–H and O–H groups in total. The summed E-state index contributed by atoms with van der Waals surface area (Å²) in [5.74, 6) is -0.179. The van der Waals surface area contributed by atoms with E-state index in [1.165, 1.54) is 17.6 Å². The van der Waals surface area contributed by atoms with E-state index in [4.69, 9.17) is 0 Å². The molecule has 0 saturated carbocycles. The third-order valence-electron chi connectivity index (χ3n) is 3.93. The molecule has 2 aromatic heterocycles. The van der Waals surface area contributed by atoms with Crippen LogP contribution >= 0.6 is 22.7 Å². The third kappa shape index (κ3) is 4.03. The van der Waals surface area contributed by atoms with E-state index in [1.54, 1.807) is 35.6 Å². The Hall–Kier alpha value is -2.03. The van der Waals surface area contributed by atoms with E-state index in [9.17, 15) is 13.2 Å². The molecule has 0 aliphatic carbocycles. The van der Waals surface area contributed by atoms with Crippen LogP contribution in [0.4, 0.5) is 0 Å². The second-order valence-electron chi connectivity index (χ2n) is 5.98. The molecule has 0 radical (unpaired) electrons. The van der Waals surface area contributed by atoms with Crippen LogP contribution < -0.4 is 5.32 Å². The zero-order chi connectivity index (χ0) is 18.9. The van der Waals surface area contributed by atoms with Crippen LogP contribution in [-0.2, 0) is 9.84 Å². The van der Waals surface area contributed by atoms with Crippen LogP contribution in [0.1, 0.15) is 33.9 Å². The molecule has 0 saturated heterocycles. The largest absolute Gasteiger partial charge is 0.345 e. The monoisotopic (exact) mass is 406 g/mol. The predicted octanol–water partition coefficient (Wildman–Crippen LogP) is 4.07. The first-order chi connectivity index (χ1) is 12.3. The second-order valence-corrected chi connectivity index (χ2v) is 9.78. The number of nitrogens with zero attached hydrogens (tertiary/aromatic N) is 1. The molecule has 8 heteroatoms. The lowest BCUT2D eigenvalue weighted by Gasteiger charge is -2.14. The third-order valence-corrected chi connectivity index (χ3v) is 6.94. The van der Waals surface area contributed by atoms with Crippen LogP contribution in [0.3, 0.4) is 0 Å². The lowest BCUT2D eigenvalue weighted by Crippen LogP contribution is -2.26. The first-order valence-corrected chi connectivity index (χ1v) is 11.5. The number of aryl methyl sites for hydroxylation is 1. The van der Waals surface area contributed by atoms with Gasteiger partial charge < -0.3 is 5.32 Å². The Morgan fingerprint density at radius 3 is 2.46 bits per heavy atom. The minimum atomic E-state index is -3.23. The zero-order valence-electron chi connectivity index (χ0n) is 14.5. The Labute approximate surface area is 160 Å². The van der Waals surface area contributed by atoms with Gasteiger partial charge in [-0.2, -0.15) is 11.3 Å². The van der Waals surface area contributed by atoms with Gasteiger partial charge in [-0.15, -0.1) is 11.3 Å². The second kappa shape index (κ2) is 7.30. The van der Waals surface area contributed by atoms with E-state index in [1.807, 2.05) is 30.7 Å². The zero-order valence-corrected chi connectivity index (χ0v) is 17.0. The molecule has 2 heterocycles. The van der Waals surface area contributed by atoms with Gasteiger partial charge in [-0.25, -0.2) is 13.4 Å². The van der Waals surface area contributed by atoms with Gasteiger partial charge in [-0.3, -0.25) is 4.79 Å². The number of carbonyl (C=O) groups is 1. The highest BCUT2D eigenvalue weighted by molar-refractivity contribution is 7.90. The molecular weight excluding hydrogens is 388 g/mol. The normalized spacial score (nSPS) is 12.7. The molecule has 0 aliphatic rings. The molecule has 0 aliphatic heterocycles. The van der Waals surface area contributed by atoms with Gasteiger partial charge in [-0.05, 0) is 43.0 Å². The van der Waals surface area contributed by atoms with Crippen LogP contribution in [0.25, 0.3) is 10.6 Å². The topological polar surface area (TPSA) is 76.1 Å². The number of thiophene rings is 1. The summed E-state index contributed by atoms with van der Waals surface area (Å²) < 4.78 is 23.1. The molecule has 26 heavy (non-hydrogen) atoms. The van der Waals surface area contributed by atoms with Crippen molar-refractivity contribution in [2.75, 3.05) is 6.26 Å². The van der Waals surface area contributed by atoms with Crippen molar-refractivity contribution in [3.63, 3.8) is 0 Å². The fourth-order valence-corrected chi connectivity index (χ4v) is 4.78. The fraction of sp³-hybridized carbons (Fsp3) is 0.222. The molecule has 3 rings (SSSR count). The molecule has 1 atom stereocenters. The smallest absolute Gasteiger partial charge is 0.263 e. The van der Waals surface area contributed by atoms with Crippen molar-refractivity contribution in [1.29, 1.82) is 0 Å². The van der Waals surface area contributed by atoms with E-state index >= 15 is 0 Å². The van der Waals surface area contributed by atoms with Gasteiger partial charge in [0.1, 0.15) is 9.88 Å². The maximum Gasteiger partial charge on any atom is 0.263 e. The van der Waals surface area contributed by atoms with Crippen molar-refractivity contribution in [3.8, 4) is 10.6 Å². The minimum Gasteiger partial charge on any atom is -0.345 e. The lowest BCUT2D eigenvalue weighted by molar-refractivity contribution is 0.0943. The summed E-state index contributed by atoms with van der Waals surface area (Å²) >= 11 is 2.96. The average Bonchev–Trinajstić information content (AvgIpc) is 3.23. The summed E-state index contributed by atoms with van der Waals surface area (Å²) in [6, 6.07) is 8.29. The van der Waals surface area contributed by atoms with Crippen LogP contribution in [0.5, 0.6) is 0 Å². The van der Waals surface area contributed by atoms with E-state index in [0.29, 0.717) is 10.6 Å². The summed E-state index contributed by atoms with van der Waals surface area (Å²) in [4.78, 5) is 18.0. The Morgan fingerprint density at radius 1 is 1.19 bits per heavy atom. The molecule has 0 spiro atoms. The van der Waals surface area contributed by atoms with Gasteiger partial charge in [0.2, 0.25) is 0 Å². The van der Waals surface area contributed by atoms with E-state index in [-0.39, 0.29) is 16.8 Å². The van der Waals surface area contributed by atoms with E-state index in [0.717, 1.165) is 16.1 Å². The summed E-state index contributed by atoms with van der Waals surface area (Å²) in [6.07, 6.45) is 1.17. The number of sulfone groups is 1. The molecule has 136 valence electrons. The number of carbonyl (C=O) groups excluding carboxylic acids is 1. The van der Waals surface area contributed by atoms with Crippen molar-refractivity contribution >= 4 is 38.4 Å². The van der Waals surface area contributed by atoms with Gasteiger partial charge >= 0.3 is 0 Å². The standard InChI is InChI=1S/C18H18N2O3S3/c1-11(13-4-6-15(7-5-13)26(3,22)23)19-17(21)16-12(2)20-18(25-16)14-8-9-24-10-14/h4-11H,1-3H3,(H,19,21)/t11-/m1/s1. The van der Waals surface area contributed by atoms with Crippen LogP contribution in [0, 0.1) is 6.92 Å². The SMILES string of the molecule is Cc1nc(-c2ccsc2)sc1C(=O)N[C@H](C)c1ccc(S(C)(=O)=O)cc1. The minimum absolute atomic E-state index is 0.179. The van der Waals surface area contributed by atoms with Gasteiger partial charge in [0.15, 0.2) is 9.84 Å². The number of aromatic nitrogens is 1. The summed E-state index contributed by atoms with van der Waals surface area (Å²) in [5, 5.41) is 7.77. The number of nitrogens with one attached hydrogen (secondary N) is 1. The molecule has 0 unspecified atom stereocenters. The number of hydrogen-bond donors (Lipinski definition) is 1. The molecule has 1 amide bonds. The van der Waals surface area contributed by atoms with Crippen LogP contribution in [0.2, 0.25) is 0 Å². The quantitative estimate of drug-likeness (QED) is 0.693. The lowest BCUT2D eigenvalue weighted by atomic mass is 10.1. The fourth-order valence-electron chi connectivity index (χ4n) is 2.47. The van der Waals surface area contributed by atoms with Crippen LogP contribution in [0.15, 0.2) is 46.0 Å². The van der Waals surface area contributed by atoms with Crippen molar-refractivity contribution in [3.05, 3.63) is 57.2 Å². The van der Waals surface area contributed by atoms with Gasteiger partial charge in [-0.1, -0.05) is 12.1 Å². The summed E-state index contributed by atoms with van der Waals surface area (Å²) in [7, 11) is -3.23. The number of amides is 1. The van der Waals surface area contributed by atoms with Crippen molar-refractivity contribution in [2.24, 2.45) is 0 Å². The first kappa shape index (κ1) is 18.8. The highest BCUT2D eigenvalue weighted by Gasteiger charge is 2.19. The van der Waals surface area contributed by atoms with Crippen molar-refractivity contribution in [1.82, 2.24) is 10.3 Å². The molecule has 0 fully saturated rings. The van der Waals surface area contributed by atoms with E-state index in [2.05, 4.69) is 10.3 Å². The number of rotatable bonds is 5. The van der Waals surface area contributed by atoms with Crippen LogP contribution in [-0.4, -0.2) is 25.6 Å². The number of thiazole rings is 1. The summed E-state index contributed by atoms with van der Waals surface area (Å²) in [5.41, 5.74) is 2.56. The Morgan fingerprint density at radius 2 is 1.88 bits per heavy atom. The highest BCUT2D eigenvalue weighted by atomic mass is 32.2. The maximum absolute atomic E-state index is 12.6. The average molecular weight is 407 g/mol. The van der Waals surface area contributed by atoms with Gasteiger partial charge in [0.05, 0.1) is 16.6 Å². The molecule has 1 aromatic carbocycles. The molecule has 3 aromatic rings.